The number of nitrogens with one attached hydrogen (secondary N) is 1. The minimum absolute atomic E-state index is 0. The summed E-state index contributed by atoms with van der Waals surface area (Å²) in [5.74, 6) is 0.950. The second kappa shape index (κ2) is 10.9. The van der Waals surface area contributed by atoms with Crippen LogP contribution in [0.25, 0.3) is 0 Å². The van der Waals surface area contributed by atoms with E-state index in [1.165, 1.54) is 0 Å². The van der Waals surface area contributed by atoms with Crippen LogP contribution in [0.4, 0.5) is 0 Å². The number of hydrogen-bond donors (Lipinski definition) is 1. The van der Waals surface area contributed by atoms with Crippen molar-refractivity contribution in [2.24, 2.45) is 0 Å². The van der Waals surface area contributed by atoms with Crippen molar-refractivity contribution in [1.82, 2.24) is 10.2 Å². The Hall–Kier alpha value is -2.08. The van der Waals surface area contributed by atoms with Gasteiger partial charge in [-0.25, -0.2) is 0 Å². The predicted molar refractivity (Wildman–Crippen MR) is 108 cm³/mol. The Balaban J connectivity index is 0.00000261. The summed E-state index contributed by atoms with van der Waals surface area (Å²) in [4.78, 5) is 14.9. The van der Waals surface area contributed by atoms with Crippen molar-refractivity contribution in [3.63, 3.8) is 0 Å². The summed E-state index contributed by atoms with van der Waals surface area (Å²) in [5.41, 5.74) is 2.21. The number of methoxy groups -OCH3 is 1. The van der Waals surface area contributed by atoms with Gasteiger partial charge in [0.2, 0.25) is 5.91 Å². The molecule has 1 amide bonds. The highest BCUT2D eigenvalue weighted by Gasteiger charge is 2.21. The van der Waals surface area contributed by atoms with Crippen molar-refractivity contribution >= 4 is 18.3 Å². The number of halogens is 1. The molecule has 1 fully saturated rings. The van der Waals surface area contributed by atoms with Crippen molar-refractivity contribution < 1.29 is 14.3 Å². The van der Waals surface area contributed by atoms with E-state index >= 15 is 0 Å². The summed E-state index contributed by atoms with van der Waals surface area (Å²) < 4.78 is 10.7. The number of nitrogens with zero attached hydrogens (tertiary/aromatic N) is 1. The molecule has 0 bridgehead atoms. The minimum atomic E-state index is 0. The highest BCUT2D eigenvalue weighted by atomic mass is 35.5. The molecular weight excluding hydrogens is 364 g/mol. The number of hydrogen-bond acceptors (Lipinski definition) is 4. The highest BCUT2D eigenvalue weighted by molar-refractivity contribution is 5.85. The Bertz CT molecular complexity index is 688. The van der Waals surface area contributed by atoms with Crippen LogP contribution in [-0.4, -0.2) is 43.7 Å². The summed E-state index contributed by atoms with van der Waals surface area (Å²) >= 11 is 0. The van der Waals surface area contributed by atoms with Gasteiger partial charge < -0.3 is 19.7 Å². The molecule has 0 aliphatic carbocycles. The third kappa shape index (κ3) is 6.54. The molecule has 3 rings (SSSR count). The molecule has 27 heavy (non-hydrogen) atoms. The Labute approximate surface area is 167 Å². The fourth-order valence-corrected chi connectivity index (χ4v) is 3.08. The Morgan fingerprint density at radius 1 is 1.11 bits per heavy atom. The molecule has 2 aromatic rings. The van der Waals surface area contributed by atoms with E-state index in [4.69, 9.17) is 9.47 Å². The monoisotopic (exact) mass is 390 g/mol. The smallest absolute Gasteiger partial charge is 0.224 e. The number of rotatable bonds is 7. The number of carbonyl (C=O) groups is 1. The van der Waals surface area contributed by atoms with E-state index in [9.17, 15) is 4.79 Å². The zero-order valence-corrected chi connectivity index (χ0v) is 16.4. The van der Waals surface area contributed by atoms with Crippen molar-refractivity contribution in [2.75, 3.05) is 26.9 Å². The minimum Gasteiger partial charge on any atom is -0.497 e. The number of amides is 1. The fourth-order valence-electron chi connectivity index (χ4n) is 3.08. The molecule has 0 radical (unpaired) electrons. The van der Waals surface area contributed by atoms with E-state index in [1.54, 1.807) is 7.11 Å². The van der Waals surface area contributed by atoms with E-state index in [0.29, 0.717) is 32.7 Å². The number of carbonyl (C=O) groups excluding carboxylic acids is 1. The highest BCUT2D eigenvalue weighted by Crippen LogP contribution is 2.16. The molecule has 0 spiro atoms. The van der Waals surface area contributed by atoms with Crippen LogP contribution in [0, 0.1) is 0 Å². The van der Waals surface area contributed by atoms with Crippen LogP contribution in [0.2, 0.25) is 0 Å². The number of ether oxygens (including phenoxy) is 2. The lowest BCUT2D eigenvalue weighted by Crippen LogP contribution is -2.44. The fraction of sp³-hybridized carbons (Fsp3) is 0.381. The van der Waals surface area contributed by atoms with Gasteiger partial charge in [0.25, 0.3) is 0 Å². The SMILES string of the molecule is COc1ccc(CN(Cc2ccccc2)C(=O)CC2COCCN2)cc1.Cl. The van der Waals surface area contributed by atoms with Crippen LogP contribution in [-0.2, 0) is 22.6 Å². The van der Waals surface area contributed by atoms with Crippen LogP contribution in [0.5, 0.6) is 5.75 Å². The summed E-state index contributed by atoms with van der Waals surface area (Å²) in [6.07, 6.45) is 0.447. The van der Waals surface area contributed by atoms with E-state index in [2.05, 4.69) is 17.4 Å². The number of morpholine rings is 1. The van der Waals surface area contributed by atoms with Crippen molar-refractivity contribution in [3.05, 3.63) is 65.7 Å². The topological polar surface area (TPSA) is 50.8 Å². The zero-order valence-electron chi connectivity index (χ0n) is 15.6. The first-order valence-electron chi connectivity index (χ1n) is 9.00. The molecule has 2 aromatic carbocycles. The quantitative estimate of drug-likeness (QED) is 0.789. The van der Waals surface area contributed by atoms with E-state index in [0.717, 1.165) is 23.4 Å². The Morgan fingerprint density at radius 2 is 1.78 bits per heavy atom. The van der Waals surface area contributed by atoms with Gasteiger partial charge in [0, 0.05) is 32.1 Å². The van der Waals surface area contributed by atoms with Gasteiger partial charge in [0.1, 0.15) is 5.75 Å². The molecule has 1 aliphatic rings. The molecule has 6 heteroatoms. The first-order chi connectivity index (χ1) is 12.7. The summed E-state index contributed by atoms with van der Waals surface area (Å²) in [6, 6.07) is 18.1. The lowest BCUT2D eigenvalue weighted by Gasteiger charge is -2.28. The van der Waals surface area contributed by atoms with Crippen LogP contribution >= 0.6 is 12.4 Å². The van der Waals surface area contributed by atoms with Crippen molar-refractivity contribution in [3.8, 4) is 5.75 Å². The largest absolute Gasteiger partial charge is 0.497 e. The molecule has 0 aromatic heterocycles. The maximum Gasteiger partial charge on any atom is 0.224 e. The van der Waals surface area contributed by atoms with Gasteiger partial charge in [-0.1, -0.05) is 42.5 Å². The van der Waals surface area contributed by atoms with Gasteiger partial charge in [-0.2, -0.15) is 0 Å². The molecular formula is C21H27ClN2O3. The van der Waals surface area contributed by atoms with Crippen molar-refractivity contribution in [2.45, 2.75) is 25.6 Å². The van der Waals surface area contributed by atoms with Crippen LogP contribution in [0.1, 0.15) is 17.5 Å². The summed E-state index contributed by atoms with van der Waals surface area (Å²) in [7, 11) is 1.65. The second-order valence-corrected chi connectivity index (χ2v) is 6.51. The lowest BCUT2D eigenvalue weighted by atomic mass is 10.1. The van der Waals surface area contributed by atoms with E-state index in [-0.39, 0.29) is 24.4 Å². The third-order valence-electron chi connectivity index (χ3n) is 4.52. The molecule has 1 N–H and O–H groups in total. The van der Waals surface area contributed by atoms with Gasteiger partial charge in [-0.15, -0.1) is 12.4 Å². The summed E-state index contributed by atoms with van der Waals surface area (Å²) in [5, 5.41) is 3.36. The average molecular weight is 391 g/mol. The first-order valence-corrected chi connectivity index (χ1v) is 9.00. The molecule has 1 heterocycles. The van der Waals surface area contributed by atoms with Gasteiger partial charge >= 0.3 is 0 Å². The number of benzene rings is 2. The predicted octanol–water partition coefficient (Wildman–Crippen LogP) is 3.02. The molecule has 1 aliphatic heterocycles. The Kier molecular flexibility index (Phi) is 8.58. The van der Waals surface area contributed by atoms with Gasteiger partial charge in [-0.05, 0) is 23.3 Å². The van der Waals surface area contributed by atoms with Crippen molar-refractivity contribution in [1.29, 1.82) is 0 Å². The van der Waals surface area contributed by atoms with Crippen LogP contribution in [0.3, 0.4) is 0 Å². The second-order valence-electron chi connectivity index (χ2n) is 6.51. The van der Waals surface area contributed by atoms with E-state index in [1.807, 2.05) is 47.4 Å². The molecule has 1 atom stereocenters. The molecule has 1 unspecified atom stereocenters. The average Bonchev–Trinajstić information content (AvgIpc) is 2.69. The van der Waals surface area contributed by atoms with E-state index < -0.39 is 0 Å². The zero-order chi connectivity index (χ0) is 18.2. The standard InChI is InChI=1S/C21H26N2O3.ClH/c1-25-20-9-7-18(8-10-20)15-23(14-17-5-3-2-4-6-17)21(24)13-19-16-26-12-11-22-19;/h2-10,19,22H,11-16H2,1H3;1H. The first kappa shape index (κ1) is 21.2. The lowest BCUT2D eigenvalue weighted by molar-refractivity contribution is -0.133. The Morgan fingerprint density at radius 3 is 2.37 bits per heavy atom. The molecule has 1 saturated heterocycles. The molecule has 5 nitrogen and oxygen atoms in total. The van der Waals surface area contributed by atoms with Gasteiger partial charge in [0.15, 0.2) is 0 Å². The third-order valence-corrected chi connectivity index (χ3v) is 4.52. The maximum absolute atomic E-state index is 12.9. The molecule has 146 valence electrons. The maximum atomic E-state index is 12.9. The summed E-state index contributed by atoms with van der Waals surface area (Å²) in [6.45, 7) is 3.28. The molecule has 0 saturated carbocycles. The van der Waals surface area contributed by atoms with Crippen LogP contribution in [0.15, 0.2) is 54.6 Å². The van der Waals surface area contributed by atoms with Crippen LogP contribution < -0.4 is 10.1 Å². The van der Waals surface area contributed by atoms with Gasteiger partial charge in [-0.3, -0.25) is 4.79 Å². The van der Waals surface area contributed by atoms with Gasteiger partial charge in [0.05, 0.1) is 20.3 Å². The normalized spacial score (nSPS) is 16.3.